The van der Waals surface area contributed by atoms with Gasteiger partial charge in [-0.1, -0.05) is 6.92 Å². The number of rotatable bonds is 2. The van der Waals surface area contributed by atoms with E-state index in [4.69, 9.17) is 4.74 Å². The molecular weight excluding hydrogens is 154 g/mol. The second-order valence-corrected chi connectivity index (χ2v) is 3.77. The van der Waals surface area contributed by atoms with E-state index in [1.807, 2.05) is 34.1 Å². The van der Waals surface area contributed by atoms with E-state index >= 15 is 0 Å². The van der Waals surface area contributed by atoms with Crippen molar-refractivity contribution >= 4 is 6.09 Å². The van der Waals surface area contributed by atoms with Crippen molar-refractivity contribution in [3.05, 3.63) is 6.42 Å². The summed E-state index contributed by atoms with van der Waals surface area (Å²) in [6, 6.07) is 0. The lowest BCUT2D eigenvalue weighted by molar-refractivity contribution is 0.0312. The van der Waals surface area contributed by atoms with Gasteiger partial charge in [-0.3, -0.25) is 0 Å². The van der Waals surface area contributed by atoms with Gasteiger partial charge >= 0.3 is 6.09 Å². The largest absolute Gasteiger partial charge is 0.444 e. The number of hydrogen-bond acceptors (Lipinski definition) is 2. The maximum atomic E-state index is 11.2. The Morgan fingerprint density at radius 2 is 2.00 bits per heavy atom. The van der Waals surface area contributed by atoms with Gasteiger partial charge in [0.25, 0.3) is 0 Å². The fourth-order valence-electron chi connectivity index (χ4n) is 0.688. The summed E-state index contributed by atoms with van der Waals surface area (Å²) >= 11 is 0. The molecule has 3 nitrogen and oxygen atoms in total. The van der Waals surface area contributed by atoms with E-state index in [9.17, 15) is 4.79 Å². The minimum atomic E-state index is -0.404. The van der Waals surface area contributed by atoms with Crippen LogP contribution in [0.1, 0.15) is 27.7 Å². The third kappa shape index (κ3) is 4.99. The molecule has 0 saturated carbocycles. The van der Waals surface area contributed by atoms with Gasteiger partial charge in [0, 0.05) is 13.6 Å². The van der Waals surface area contributed by atoms with E-state index in [2.05, 4.69) is 0 Å². The fraction of sp³-hybridized carbons (Fsp3) is 0.778. The minimum Gasteiger partial charge on any atom is -0.444 e. The molecule has 0 unspecified atom stereocenters. The Balaban J connectivity index is 3.87. The van der Waals surface area contributed by atoms with Crippen molar-refractivity contribution < 1.29 is 9.53 Å². The maximum Gasteiger partial charge on any atom is 0.410 e. The van der Waals surface area contributed by atoms with Gasteiger partial charge in [-0.15, -0.1) is 0 Å². The molecule has 0 fully saturated rings. The van der Waals surface area contributed by atoms with Crippen LogP contribution in [0.15, 0.2) is 0 Å². The van der Waals surface area contributed by atoms with E-state index in [0.717, 1.165) is 0 Å². The van der Waals surface area contributed by atoms with Gasteiger partial charge in [-0.2, -0.15) is 0 Å². The van der Waals surface area contributed by atoms with Crippen molar-refractivity contribution in [3.8, 4) is 0 Å². The number of ether oxygens (including phenoxy) is 1. The molecule has 1 radical (unpaired) electrons. The monoisotopic (exact) mass is 172 g/mol. The summed E-state index contributed by atoms with van der Waals surface area (Å²) in [6.45, 7) is 8.09. The topological polar surface area (TPSA) is 29.5 Å². The van der Waals surface area contributed by atoms with Crippen LogP contribution >= 0.6 is 0 Å². The SMILES string of the molecule is C[CH]CN(C)C(=O)OC(C)(C)C. The van der Waals surface area contributed by atoms with Crippen LogP contribution in [0, 0.1) is 6.42 Å². The average molecular weight is 172 g/mol. The molecule has 0 bridgehead atoms. The molecule has 0 aromatic heterocycles. The molecule has 0 aromatic rings. The van der Waals surface area contributed by atoms with Gasteiger partial charge in [-0.05, 0) is 27.2 Å². The van der Waals surface area contributed by atoms with Crippen molar-refractivity contribution in [3.63, 3.8) is 0 Å². The molecule has 1 amide bonds. The molecule has 0 atom stereocenters. The standard InChI is InChI=1S/C9H18NO2/c1-6-7-10(5)8(11)12-9(2,3)4/h6H,7H2,1-5H3. The summed E-state index contributed by atoms with van der Waals surface area (Å²) in [5.74, 6) is 0. The van der Waals surface area contributed by atoms with Crippen LogP contribution in [0.3, 0.4) is 0 Å². The van der Waals surface area contributed by atoms with Crippen molar-refractivity contribution in [2.24, 2.45) is 0 Å². The van der Waals surface area contributed by atoms with E-state index < -0.39 is 5.60 Å². The lowest BCUT2D eigenvalue weighted by Gasteiger charge is -2.24. The molecule has 0 aliphatic carbocycles. The zero-order chi connectivity index (χ0) is 9.78. The lowest BCUT2D eigenvalue weighted by atomic mass is 10.2. The predicted molar refractivity (Wildman–Crippen MR) is 48.8 cm³/mol. The smallest absolute Gasteiger partial charge is 0.410 e. The van der Waals surface area contributed by atoms with Crippen molar-refractivity contribution in [2.45, 2.75) is 33.3 Å². The van der Waals surface area contributed by atoms with E-state index in [0.29, 0.717) is 6.54 Å². The Hall–Kier alpha value is -0.730. The fourth-order valence-corrected chi connectivity index (χ4v) is 0.688. The van der Waals surface area contributed by atoms with Gasteiger partial charge in [0.2, 0.25) is 0 Å². The summed E-state index contributed by atoms with van der Waals surface area (Å²) < 4.78 is 5.12. The molecule has 3 heteroatoms. The summed E-state index contributed by atoms with van der Waals surface area (Å²) in [7, 11) is 1.72. The van der Waals surface area contributed by atoms with Crippen molar-refractivity contribution in [2.75, 3.05) is 13.6 Å². The van der Waals surface area contributed by atoms with Crippen LogP contribution < -0.4 is 0 Å². The second-order valence-electron chi connectivity index (χ2n) is 3.77. The Morgan fingerprint density at radius 1 is 1.50 bits per heavy atom. The lowest BCUT2D eigenvalue weighted by Crippen LogP contribution is -2.34. The molecule has 0 aliphatic heterocycles. The predicted octanol–water partition coefficient (Wildman–Crippen LogP) is 2.08. The number of carbonyl (C=O) groups excluding carboxylic acids is 1. The van der Waals surface area contributed by atoms with E-state index in [-0.39, 0.29) is 6.09 Å². The van der Waals surface area contributed by atoms with Gasteiger partial charge in [-0.25, -0.2) is 4.79 Å². The zero-order valence-corrected chi connectivity index (χ0v) is 8.55. The third-order valence-corrected chi connectivity index (χ3v) is 1.16. The summed E-state index contributed by atoms with van der Waals surface area (Å²) in [5.41, 5.74) is -0.404. The van der Waals surface area contributed by atoms with Gasteiger partial charge in [0.15, 0.2) is 0 Å². The van der Waals surface area contributed by atoms with E-state index in [1.54, 1.807) is 7.05 Å². The third-order valence-electron chi connectivity index (χ3n) is 1.16. The highest BCUT2D eigenvalue weighted by Crippen LogP contribution is 2.08. The molecule has 71 valence electrons. The van der Waals surface area contributed by atoms with Crippen LogP contribution in [-0.2, 0) is 4.74 Å². The number of nitrogens with zero attached hydrogens (tertiary/aromatic N) is 1. The van der Waals surface area contributed by atoms with Gasteiger partial charge < -0.3 is 9.64 Å². The Bertz CT molecular complexity index is 149. The average Bonchev–Trinajstić information content (AvgIpc) is 1.84. The molecular formula is C9H18NO2. The molecule has 0 spiro atoms. The summed E-state index contributed by atoms with van der Waals surface area (Å²) in [4.78, 5) is 12.8. The quantitative estimate of drug-likeness (QED) is 0.638. The van der Waals surface area contributed by atoms with Crippen LogP contribution in [0.5, 0.6) is 0 Å². The first-order valence-corrected chi connectivity index (χ1v) is 4.09. The van der Waals surface area contributed by atoms with E-state index in [1.165, 1.54) is 4.90 Å². The maximum absolute atomic E-state index is 11.2. The number of amides is 1. The Labute approximate surface area is 74.7 Å². The highest BCUT2D eigenvalue weighted by Gasteiger charge is 2.18. The van der Waals surface area contributed by atoms with Crippen molar-refractivity contribution in [1.29, 1.82) is 0 Å². The molecule has 0 aromatic carbocycles. The Kier molecular flexibility index (Phi) is 4.07. The highest BCUT2D eigenvalue weighted by molar-refractivity contribution is 5.67. The van der Waals surface area contributed by atoms with Gasteiger partial charge in [0.05, 0.1) is 0 Å². The molecule has 0 saturated heterocycles. The summed E-state index contributed by atoms with van der Waals surface area (Å²) in [6.07, 6.45) is 1.63. The molecule has 0 aliphatic rings. The summed E-state index contributed by atoms with van der Waals surface area (Å²) in [5, 5.41) is 0. The first kappa shape index (κ1) is 11.3. The van der Waals surface area contributed by atoms with Crippen LogP contribution in [0.2, 0.25) is 0 Å². The molecule has 0 heterocycles. The first-order chi connectivity index (χ1) is 5.37. The number of hydrogen-bond donors (Lipinski definition) is 0. The molecule has 12 heavy (non-hydrogen) atoms. The molecule has 0 N–H and O–H groups in total. The molecule has 0 rings (SSSR count). The normalized spacial score (nSPS) is 11.1. The van der Waals surface area contributed by atoms with Crippen LogP contribution in [0.4, 0.5) is 4.79 Å². The minimum absolute atomic E-state index is 0.277. The van der Waals surface area contributed by atoms with Crippen molar-refractivity contribution in [1.82, 2.24) is 4.90 Å². The van der Waals surface area contributed by atoms with Crippen LogP contribution in [0.25, 0.3) is 0 Å². The zero-order valence-electron chi connectivity index (χ0n) is 8.55. The Morgan fingerprint density at radius 3 is 2.33 bits per heavy atom. The highest BCUT2D eigenvalue weighted by atomic mass is 16.6. The first-order valence-electron chi connectivity index (χ1n) is 4.09. The van der Waals surface area contributed by atoms with Crippen LogP contribution in [-0.4, -0.2) is 30.2 Å². The number of carbonyl (C=O) groups is 1. The second kappa shape index (κ2) is 4.33. The van der Waals surface area contributed by atoms with Gasteiger partial charge in [0.1, 0.15) is 5.60 Å².